The van der Waals surface area contributed by atoms with Crippen LogP contribution in [0.25, 0.3) is 0 Å². The van der Waals surface area contributed by atoms with Crippen LogP contribution in [0.1, 0.15) is 12.0 Å². The zero-order valence-electron chi connectivity index (χ0n) is 9.35. The van der Waals surface area contributed by atoms with E-state index in [2.05, 4.69) is 11.8 Å². The third kappa shape index (κ3) is 3.29. The lowest BCUT2D eigenvalue weighted by atomic mass is 10.2. The van der Waals surface area contributed by atoms with E-state index in [1.54, 1.807) is 24.3 Å². The van der Waals surface area contributed by atoms with Crippen LogP contribution in [0.2, 0.25) is 0 Å². The number of aromatic hydroxyl groups is 1. The van der Waals surface area contributed by atoms with Crippen LogP contribution >= 0.6 is 0 Å². The van der Waals surface area contributed by atoms with Gasteiger partial charge in [-0.25, -0.2) is 0 Å². The molecule has 0 fully saturated rings. The van der Waals surface area contributed by atoms with Crippen LogP contribution in [0.15, 0.2) is 59.8 Å². The summed E-state index contributed by atoms with van der Waals surface area (Å²) in [7, 11) is 0. The Labute approximate surface area is 101 Å². The molecule has 0 radical (unpaired) electrons. The van der Waals surface area contributed by atoms with Crippen molar-refractivity contribution >= 4 is 0 Å². The van der Waals surface area contributed by atoms with Crippen molar-refractivity contribution in [3.05, 3.63) is 65.4 Å². The van der Waals surface area contributed by atoms with E-state index < -0.39 is 0 Å². The zero-order valence-corrected chi connectivity index (χ0v) is 9.35. The highest BCUT2D eigenvalue weighted by Crippen LogP contribution is 2.10. The third-order valence-electron chi connectivity index (χ3n) is 2.37. The second-order valence-corrected chi connectivity index (χ2v) is 3.73. The first kappa shape index (κ1) is 11.1. The minimum Gasteiger partial charge on any atom is -0.508 e. The minimum absolute atomic E-state index is 0.251. The van der Waals surface area contributed by atoms with E-state index in [1.165, 1.54) is 0 Å². The normalized spacial score (nSPS) is 14.1. The lowest BCUT2D eigenvalue weighted by Gasteiger charge is -1.91. The van der Waals surface area contributed by atoms with Gasteiger partial charge in [-0.2, -0.15) is 0 Å². The first-order valence-corrected chi connectivity index (χ1v) is 5.39. The molecule has 1 aliphatic rings. The number of hydrogen-bond donors (Lipinski definition) is 2. The fraction of sp³-hybridized carbons (Fsp3) is 0.0667. The van der Waals surface area contributed by atoms with Crippen LogP contribution in [0.5, 0.6) is 5.75 Å². The summed E-state index contributed by atoms with van der Waals surface area (Å²) < 4.78 is 0. The molecule has 0 bridgehead atoms. The quantitative estimate of drug-likeness (QED) is 0.664. The average molecular weight is 223 g/mol. The molecule has 0 saturated carbocycles. The monoisotopic (exact) mass is 223 g/mol. The Kier molecular flexibility index (Phi) is 3.32. The Morgan fingerprint density at radius 2 is 1.76 bits per heavy atom. The predicted molar refractivity (Wildman–Crippen MR) is 69.1 cm³/mol. The van der Waals surface area contributed by atoms with Gasteiger partial charge in [-0.15, -0.1) is 0 Å². The molecule has 84 valence electrons. The van der Waals surface area contributed by atoms with Crippen LogP contribution in [-0.2, 0) is 0 Å². The van der Waals surface area contributed by atoms with Crippen molar-refractivity contribution in [2.45, 2.75) is 6.42 Å². The number of phenols is 1. The summed E-state index contributed by atoms with van der Waals surface area (Å²) in [6.45, 7) is 0. The lowest BCUT2D eigenvalue weighted by molar-refractivity contribution is 0.475. The molecule has 1 aromatic rings. The van der Waals surface area contributed by atoms with Crippen molar-refractivity contribution in [3.8, 4) is 17.6 Å². The summed E-state index contributed by atoms with van der Waals surface area (Å²) >= 11 is 0. The van der Waals surface area contributed by atoms with Crippen molar-refractivity contribution in [2.24, 2.45) is 5.73 Å². The van der Waals surface area contributed by atoms with Gasteiger partial charge in [0.25, 0.3) is 0 Å². The van der Waals surface area contributed by atoms with Gasteiger partial charge in [-0.1, -0.05) is 24.0 Å². The van der Waals surface area contributed by atoms with E-state index >= 15 is 0 Å². The molecule has 0 amide bonds. The third-order valence-corrected chi connectivity index (χ3v) is 2.37. The molecule has 0 heterocycles. The molecule has 3 N–H and O–H groups in total. The minimum atomic E-state index is 0.251. The van der Waals surface area contributed by atoms with Gasteiger partial charge in [0.1, 0.15) is 5.75 Å². The molecule has 17 heavy (non-hydrogen) atoms. The fourth-order valence-corrected chi connectivity index (χ4v) is 1.43. The van der Waals surface area contributed by atoms with E-state index in [1.807, 2.05) is 24.3 Å². The summed E-state index contributed by atoms with van der Waals surface area (Å²) in [6.07, 6.45) is 8.55. The van der Waals surface area contributed by atoms with Gasteiger partial charge in [0.2, 0.25) is 0 Å². The molecule has 0 atom stereocenters. The molecule has 0 saturated heterocycles. The van der Waals surface area contributed by atoms with Gasteiger partial charge in [0, 0.05) is 16.8 Å². The Morgan fingerprint density at radius 1 is 1.00 bits per heavy atom. The standard InChI is InChI=1S/C15H13NO/c16-14-3-1-2-12(6-9-14)4-5-13-7-10-15(17)11-8-13/h2-3,6-11,17H,1,16H2. The first-order chi connectivity index (χ1) is 8.24. The lowest BCUT2D eigenvalue weighted by Crippen LogP contribution is -1.90. The van der Waals surface area contributed by atoms with Crippen LogP contribution < -0.4 is 5.73 Å². The van der Waals surface area contributed by atoms with Crippen LogP contribution in [0, 0.1) is 11.8 Å². The van der Waals surface area contributed by atoms with Gasteiger partial charge >= 0.3 is 0 Å². The van der Waals surface area contributed by atoms with Crippen molar-refractivity contribution < 1.29 is 5.11 Å². The predicted octanol–water partition coefficient (Wildman–Crippen LogP) is 2.47. The van der Waals surface area contributed by atoms with Gasteiger partial charge < -0.3 is 10.8 Å². The number of rotatable bonds is 0. The largest absolute Gasteiger partial charge is 0.508 e. The van der Waals surface area contributed by atoms with Crippen LogP contribution in [0.3, 0.4) is 0 Å². The molecular formula is C15H13NO. The van der Waals surface area contributed by atoms with Crippen molar-refractivity contribution in [1.29, 1.82) is 0 Å². The molecule has 0 spiro atoms. The molecule has 1 aromatic carbocycles. The maximum Gasteiger partial charge on any atom is 0.115 e. The second-order valence-electron chi connectivity index (χ2n) is 3.73. The average Bonchev–Trinajstić information content (AvgIpc) is 2.54. The van der Waals surface area contributed by atoms with Crippen molar-refractivity contribution in [1.82, 2.24) is 0 Å². The topological polar surface area (TPSA) is 46.2 Å². The van der Waals surface area contributed by atoms with E-state index in [0.717, 1.165) is 23.3 Å². The number of allylic oxidation sites excluding steroid dienone is 5. The van der Waals surface area contributed by atoms with E-state index in [9.17, 15) is 0 Å². The van der Waals surface area contributed by atoms with Gasteiger partial charge in [-0.3, -0.25) is 0 Å². The second kappa shape index (κ2) is 5.09. The first-order valence-electron chi connectivity index (χ1n) is 5.39. The van der Waals surface area contributed by atoms with E-state index in [-0.39, 0.29) is 5.75 Å². The molecule has 2 nitrogen and oxygen atoms in total. The Hall–Kier alpha value is -2.40. The summed E-state index contributed by atoms with van der Waals surface area (Å²) in [6, 6.07) is 6.83. The SMILES string of the molecule is NC1=CCC=C(C#Cc2ccc(O)cc2)C=C1. The zero-order chi connectivity index (χ0) is 12.1. The number of phenolic OH excluding ortho intramolecular Hbond substituents is 1. The van der Waals surface area contributed by atoms with Gasteiger partial charge in [0.05, 0.1) is 0 Å². The Bertz CT molecular complexity index is 551. The summed E-state index contributed by atoms with van der Waals surface area (Å²) in [4.78, 5) is 0. The summed E-state index contributed by atoms with van der Waals surface area (Å²) in [5, 5.41) is 9.15. The smallest absolute Gasteiger partial charge is 0.115 e. The molecule has 1 aliphatic carbocycles. The number of nitrogens with two attached hydrogens (primary N) is 1. The fourth-order valence-electron chi connectivity index (χ4n) is 1.43. The molecule has 0 aromatic heterocycles. The number of benzene rings is 1. The Balaban J connectivity index is 2.15. The summed E-state index contributed by atoms with van der Waals surface area (Å²) in [5.41, 5.74) is 8.28. The molecular weight excluding hydrogens is 210 g/mol. The highest BCUT2D eigenvalue weighted by molar-refractivity contribution is 5.48. The molecule has 2 rings (SSSR count). The van der Waals surface area contributed by atoms with Crippen molar-refractivity contribution in [2.75, 3.05) is 0 Å². The molecule has 0 unspecified atom stereocenters. The summed E-state index contributed by atoms with van der Waals surface area (Å²) in [5.74, 6) is 6.36. The van der Waals surface area contributed by atoms with E-state index in [4.69, 9.17) is 10.8 Å². The van der Waals surface area contributed by atoms with Gasteiger partial charge in [0.15, 0.2) is 0 Å². The maximum atomic E-state index is 9.15. The molecule has 2 heteroatoms. The van der Waals surface area contributed by atoms with Crippen LogP contribution in [-0.4, -0.2) is 5.11 Å². The highest BCUT2D eigenvalue weighted by atomic mass is 16.3. The Morgan fingerprint density at radius 3 is 2.53 bits per heavy atom. The maximum absolute atomic E-state index is 9.15. The number of hydrogen-bond acceptors (Lipinski definition) is 2. The van der Waals surface area contributed by atoms with Gasteiger partial charge in [-0.05, 0) is 42.8 Å². The highest BCUT2D eigenvalue weighted by Gasteiger charge is 1.92. The molecule has 0 aliphatic heterocycles. The van der Waals surface area contributed by atoms with E-state index in [0.29, 0.717) is 0 Å². The van der Waals surface area contributed by atoms with Crippen molar-refractivity contribution in [3.63, 3.8) is 0 Å². The van der Waals surface area contributed by atoms with Crippen LogP contribution in [0.4, 0.5) is 0 Å².